The maximum atomic E-state index is 11.0. The van der Waals surface area contributed by atoms with Crippen molar-refractivity contribution in [3.63, 3.8) is 0 Å². The minimum absolute atomic E-state index is 0.0400. The Kier molecular flexibility index (Phi) is 3.07. The van der Waals surface area contributed by atoms with Crippen molar-refractivity contribution in [2.45, 2.75) is 6.92 Å². The molecular formula is C8H9NO3. The Bertz CT molecular complexity index is 253. The van der Waals surface area contributed by atoms with Gasteiger partial charge in [-0.1, -0.05) is 0 Å². The Morgan fingerprint density at radius 3 is 3.25 bits per heavy atom. The van der Waals surface area contributed by atoms with Gasteiger partial charge in [-0.25, -0.2) is 9.79 Å². The highest BCUT2D eigenvalue weighted by atomic mass is 16.6. The summed E-state index contributed by atoms with van der Waals surface area (Å²) in [6, 6.07) is 0. The first-order valence-corrected chi connectivity index (χ1v) is 3.58. The van der Waals surface area contributed by atoms with E-state index in [4.69, 9.17) is 4.74 Å². The van der Waals surface area contributed by atoms with Gasteiger partial charge in [-0.3, -0.25) is 0 Å². The molecule has 0 unspecified atom stereocenters. The van der Waals surface area contributed by atoms with Crippen LogP contribution in [0.25, 0.3) is 0 Å². The number of hydrogen-bond donors (Lipinski definition) is 0. The molecule has 0 spiro atoms. The number of ether oxygens (including phenoxy) is 2. The number of carbonyl (C=O) groups is 1. The van der Waals surface area contributed by atoms with Gasteiger partial charge in [0.25, 0.3) is 0 Å². The maximum Gasteiger partial charge on any atom is 0.394 e. The van der Waals surface area contributed by atoms with Gasteiger partial charge in [0, 0.05) is 6.20 Å². The van der Waals surface area contributed by atoms with Crippen LogP contribution >= 0.6 is 0 Å². The predicted molar refractivity (Wildman–Crippen MR) is 43.4 cm³/mol. The number of rotatable bonds is 2. The fourth-order valence-corrected chi connectivity index (χ4v) is 0.634. The van der Waals surface area contributed by atoms with E-state index in [1.54, 1.807) is 19.1 Å². The molecule has 0 bridgehead atoms. The second-order valence-corrected chi connectivity index (χ2v) is 1.94. The molecule has 4 nitrogen and oxygen atoms in total. The van der Waals surface area contributed by atoms with E-state index in [9.17, 15) is 4.79 Å². The summed E-state index contributed by atoms with van der Waals surface area (Å²) in [5.74, 6) is -0.587. The van der Waals surface area contributed by atoms with Crippen molar-refractivity contribution in [1.82, 2.24) is 0 Å². The van der Waals surface area contributed by atoms with E-state index in [1.807, 2.05) is 0 Å². The fraction of sp³-hybridized carbons (Fsp3) is 0.250. The highest BCUT2D eigenvalue weighted by Gasteiger charge is 2.12. The van der Waals surface area contributed by atoms with Crippen molar-refractivity contribution >= 4 is 11.9 Å². The third-order valence-corrected chi connectivity index (χ3v) is 1.10. The molecule has 4 heteroatoms. The Labute approximate surface area is 70.2 Å². The fourth-order valence-electron chi connectivity index (χ4n) is 0.634. The van der Waals surface area contributed by atoms with Crippen molar-refractivity contribution in [3.8, 4) is 0 Å². The summed E-state index contributed by atoms with van der Waals surface area (Å²) in [6.45, 7) is 2.04. The van der Waals surface area contributed by atoms with E-state index in [-0.39, 0.29) is 5.90 Å². The summed E-state index contributed by atoms with van der Waals surface area (Å²) in [4.78, 5) is 14.7. The average molecular weight is 167 g/mol. The molecule has 0 N–H and O–H groups in total. The molecule has 0 saturated carbocycles. The van der Waals surface area contributed by atoms with Gasteiger partial charge in [-0.15, -0.1) is 0 Å². The molecule has 0 aromatic carbocycles. The molecule has 64 valence electrons. The van der Waals surface area contributed by atoms with Gasteiger partial charge in [-0.05, 0) is 19.1 Å². The molecule has 0 aliphatic carbocycles. The van der Waals surface area contributed by atoms with Crippen molar-refractivity contribution in [3.05, 3.63) is 24.6 Å². The van der Waals surface area contributed by atoms with Crippen molar-refractivity contribution in [2.24, 2.45) is 4.99 Å². The lowest BCUT2D eigenvalue weighted by molar-refractivity contribution is -0.136. The highest BCUT2D eigenvalue weighted by Crippen LogP contribution is 1.95. The molecule has 0 fully saturated rings. The Morgan fingerprint density at radius 2 is 2.50 bits per heavy atom. The molecule has 1 heterocycles. The zero-order valence-electron chi connectivity index (χ0n) is 6.69. The number of carbonyl (C=O) groups excluding carboxylic acids is 1. The van der Waals surface area contributed by atoms with E-state index in [1.165, 1.54) is 12.5 Å². The third-order valence-electron chi connectivity index (χ3n) is 1.10. The Morgan fingerprint density at radius 1 is 1.67 bits per heavy atom. The summed E-state index contributed by atoms with van der Waals surface area (Å²) < 4.78 is 9.52. The van der Waals surface area contributed by atoms with Crippen molar-refractivity contribution in [1.29, 1.82) is 0 Å². The average Bonchev–Trinajstić information content (AvgIpc) is 2.32. The molecule has 0 aromatic heterocycles. The summed E-state index contributed by atoms with van der Waals surface area (Å²) in [5, 5.41) is 0. The largest absolute Gasteiger partial charge is 0.459 e. The number of esters is 1. The van der Waals surface area contributed by atoms with Crippen LogP contribution in [0.5, 0.6) is 0 Å². The minimum Gasteiger partial charge on any atom is -0.459 e. The monoisotopic (exact) mass is 167 g/mol. The molecule has 0 aromatic rings. The van der Waals surface area contributed by atoms with Gasteiger partial charge in [-0.2, -0.15) is 0 Å². The molecule has 1 rings (SSSR count). The first-order chi connectivity index (χ1) is 5.84. The van der Waals surface area contributed by atoms with Crippen LogP contribution in [0.4, 0.5) is 0 Å². The summed E-state index contributed by atoms with van der Waals surface area (Å²) in [5.41, 5.74) is 0. The van der Waals surface area contributed by atoms with Crippen molar-refractivity contribution < 1.29 is 14.3 Å². The smallest absolute Gasteiger partial charge is 0.394 e. The highest BCUT2D eigenvalue weighted by molar-refractivity contribution is 6.32. The molecular weight excluding hydrogens is 158 g/mol. The second kappa shape index (κ2) is 4.33. The van der Waals surface area contributed by atoms with Crippen LogP contribution in [0.2, 0.25) is 0 Å². The van der Waals surface area contributed by atoms with E-state index in [2.05, 4.69) is 9.73 Å². The molecule has 12 heavy (non-hydrogen) atoms. The number of allylic oxidation sites excluding steroid dienone is 2. The van der Waals surface area contributed by atoms with Gasteiger partial charge < -0.3 is 9.47 Å². The minimum atomic E-state index is -0.548. The van der Waals surface area contributed by atoms with E-state index >= 15 is 0 Å². The predicted octanol–water partition coefficient (Wildman–Crippen LogP) is 1.01. The molecule has 0 atom stereocenters. The zero-order chi connectivity index (χ0) is 8.81. The lowest BCUT2D eigenvalue weighted by Crippen LogP contribution is -2.18. The van der Waals surface area contributed by atoms with Gasteiger partial charge >= 0.3 is 11.9 Å². The third kappa shape index (κ3) is 2.23. The quantitative estimate of drug-likeness (QED) is 0.576. The lowest BCUT2D eigenvalue weighted by atomic mass is 10.6. The van der Waals surface area contributed by atoms with Gasteiger partial charge in [0.1, 0.15) is 0 Å². The summed E-state index contributed by atoms with van der Waals surface area (Å²) >= 11 is 0. The van der Waals surface area contributed by atoms with Gasteiger partial charge in [0.15, 0.2) is 0 Å². The maximum absolute atomic E-state index is 11.0. The molecule has 0 radical (unpaired) electrons. The van der Waals surface area contributed by atoms with E-state index in [0.29, 0.717) is 6.61 Å². The Balaban J connectivity index is 2.62. The molecule has 1 aliphatic rings. The standard InChI is InChI=1S/C8H9NO3/c1-2-11-8(10)7-9-5-3-4-6-12-7/h3-6H,2H2,1H3. The van der Waals surface area contributed by atoms with E-state index < -0.39 is 5.97 Å². The number of aliphatic imine (C=N–C) groups is 1. The normalized spacial score (nSPS) is 14.6. The SMILES string of the molecule is CCOC(=O)C1=NC=CC=CO1. The van der Waals surface area contributed by atoms with Gasteiger partial charge in [0.2, 0.25) is 0 Å². The van der Waals surface area contributed by atoms with Crippen LogP contribution in [0, 0.1) is 0 Å². The lowest BCUT2D eigenvalue weighted by Gasteiger charge is -2.01. The Hall–Kier alpha value is -1.58. The van der Waals surface area contributed by atoms with Crippen LogP contribution in [-0.2, 0) is 14.3 Å². The number of nitrogens with zero attached hydrogens (tertiary/aromatic N) is 1. The topological polar surface area (TPSA) is 47.9 Å². The first kappa shape index (κ1) is 8.52. The van der Waals surface area contributed by atoms with Crippen LogP contribution < -0.4 is 0 Å². The molecule has 1 aliphatic heterocycles. The van der Waals surface area contributed by atoms with Gasteiger partial charge in [0.05, 0.1) is 12.9 Å². The number of hydrogen-bond acceptors (Lipinski definition) is 4. The summed E-state index contributed by atoms with van der Waals surface area (Å²) in [7, 11) is 0. The first-order valence-electron chi connectivity index (χ1n) is 3.58. The van der Waals surface area contributed by atoms with Crippen molar-refractivity contribution in [2.75, 3.05) is 6.61 Å². The zero-order valence-corrected chi connectivity index (χ0v) is 6.69. The van der Waals surface area contributed by atoms with Crippen LogP contribution in [-0.4, -0.2) is 18.5 Å². The van der Waals surface area contributed by atoms with Crippen LogP contribution in [0.1, 0.15) is 6.92 Å². The second-order valence-electron chi connectivity index (χ2n) is 1.94. The van der Waals surface area contributed by atoms with Crippen LogP contribution in [0.15, 0.2) is 29.6 Å². The van der Waals surface area contributed by atoms with Crippen LogP contribution in [0.3, 0.4) is 0 Å². The van der Waals surface area contributed by atoms with E-state index in [0.717, 1.165) is 0 Å². The molecule has 0 amide bonds. The molecule has 0 saturated heterocycles. The summed E-state index contributed by atoms with van der Waals surface area (Å²) in [6.07, 6.45) is 6.14.